The van der Waals surface area contributed by atoms with E-state index in [1.807, 2.05) is 38.1 Å². The Labute approximate surface area is 125 Å². The summed E-state index contributed by atoms with van der Waals surface area (Å²) in [4.78, 5) is 12.1. The van der Waals surface area contributed by atoms with Crippen molar-refractivity contribution in [1.29, 1.82) is 0 Å². The van der Waals surface area contributed by atoms with E-state index in [2.05, 4.69) is 24.3 Å². The smallest absolute Gasteiger partial charge is 0.273 e. The number of hydrogen-bond donors (Lipinski definition) is 1. The highest BCUT2D eigenvalue weighted by Crippen LogP contribution is 2.21. The molecule has 0 saturated carbocycles. The minimum atomic E-state index is -0.189. The van der Waals surface area contributed by atoms with Gasteiger partial charge >= 0.3 is 0 Å². The van der Waals surface area contributed by atoms with E-state index < -0.39 is 0 Å². The Morgan fingerprint density at radius 2 is 2.05 bits per heavy atom. The molecule has 1 heterocycles. The number of amides is 1. The minimum absolute atomic E-state index is 0.122. The molecule has 0 aliphatic carbocycles. The zero-order valence-corrected chi connectivity index (χ0v) is 13.0. The van der Waals surface area contributed by atoms with Crippen LogP contribution in [0.1, 0.15) is 43.2 Å². The maximum absolute atomic E-state index is 12.1. The van der Waals surface area contributed by atoms with Crippen molar-refractivity contribution in [3.8, 4) is 11.3 Å². The van der Waals surface area contributed by atoms with Crippen molar-refractivity contribution < 1.29 is 9.32 Å². The van der Waals surface area contributed by atoms with Crippen molar-refractivity contribution in [2.24, 2.45) is 5.92 Å². The number of aryl methyl sites for hydroxylation is 1. The van der Waals surface area contributed by atoms with Crippen molar-refractivity contribution in [3.05, 3.63) is 41.6 Å². The number of hydrogen-bond acceptors (Lipinski definition) is 3. The fourth-order valence-corrected chi connectivity index (χ4v) is 2.38. The molecule has 1 atom stereocenters. The second kappa shape index (κ2) is 6.57. The van der Waals surface area contributed by atoms with E-state index in [1.54, 1.807) is 6.07 Å². The first-order valence-corrected chi connectivity index (χ1v) is 7.30. The van der Waals surface area contributed by atoms with Gasteiger partial charge in [-0.25, -0.2) is 0 Å². The molecule has 1 aromatic carbocycles. The summed E-state index contributed by atoms with van der Waals surface area (Å²) in [5.74, 6) is 0.964. The van der Waals surface area contributed by atoms with Crippen molar-refractivity contribution in [1.82, 2.24) is 10.5 Å². The highest BCUT2D eigenvalue weighted by Gasteiger charge is 2.16. The summed E-state index contributed by atoms with van der Waals surface area (Å²) in [5.41, 5.74) is 2.39. The topological polar surface area (TPSA) is 55.1 Å². The highest BCUT2D eigenvalue weighted by molar-refractivity contribution is 5.93. The van der Waals surface area contributed by atoms with Crippen LogP contribution in [-0.4, -0.2) is 17.1 Å². The number of rotatable bonds is 5. The van der Waals surface area contributed by atoms with Crippen LogP contribution in [0.15, 0.2) is 34.9 Å². The average molecular weight is 286 g/mol. The minimum Gasteiger partial charge on any atom is -0.355 e. The second-order valence-corrected chi connectivity index (χ2v) is 5.95. The number of carbonyl (C=O) groups excluding carboxylic acids is 1. The normalized spacial score (nSPS) is 12.4. The zero-order valence-electron chi connectivity index (χ0n) is 13.0. The van der Waals surface area contributed by atoms with Gasteiger partial charge in [-0.3, -0.25) is 4.79 Å². The molecule has 0 radical (unpaired) electrons. The standard InChI is InChI=1S/C17H22N2O2/c1-11(2)8-13(4)18-17(20)15-10-16(21-19-15)14-7-5-6-12(3)9-14/h5-7,9-11,13H,8H2,1-4H3,(H,18,20)/t13-/m0/s1. The van der Waals surface area contributed by atoms with E-state index in [0.29, 0.717) is 17.4 Å². The number of aromatic nitrogens is 1. The zero-order chi connectivity index (χ0) is 15.4. The van der Waals surface area contributed by atoms with Crippen LogP contribution < -0.4 is 5.32 Å². The quantitative estimate of drug-likeness (QED) is 0.909. The second-order valence-electron chi connectivity index (χ2n) is 5.95. The van der Waals surface area contributed by atoms with Gasteiger partial charge in [0.2, 0.25) is 0 Å². The first-order valence-electron chi connectivity index (χ1n) is 7.30. The van der Waals surface area contributed by atoms with Gasteiger partial charge in [-0.05, 0) is 32.3 Å². The van der Waals surface area contributed by atoms with Crippen molar-refractivity contribution >= 4 is 5.91 Å². The van der Waals surface area contributed by atoms with Crippen LogP contribution in [0.4, 0.5) is 0 Å². The third kappa shape index (κ3) is 4.18. The lowest BCUT2D eigenvalue weighted by Gasteiger charge is -2.14. The fraction of sp³-hybridized carbons (Fsp3) is 0.412. The largest absolute Gasteiger partial charge is 0.355 e. The first-order chi connectivity index (χ1) is 9.95. The molecule has 0 bridgehead atoms. The van der Waals surface area contributed by atoms with E-state index >= 15 is 0 Å². The Kier molecular flexibility index (Phi) is 4.78. The Bertz CT molecular complexity index is 617. The van der Waals surface area contributed by atoms with Crippen molar-refractivity contribution in [3.63, 3.8) is 0 Å². The Balaban J connectivity index is 2.07. The lowest BCUT2D eigenvalue weighted by atomic mass is 10.1. The summed E-state index contributed by atoms with van der Waals surface area (Å²) in [6, 6.07) is 9.72. The molecule has 0 saturated heterocycles. The van der Waals surface area contributed by atoms with Gasteiger partial charge in [0, 0.05) is 17.7 Å². The van der Waals surface area contributed by atoms with Gasteiger partial charge < -0.3 is 9.84 Å². The van der Waals surface area contributed by atoms with Crippen molar-refractivity contribution in [2.75, 3.05) is 0 Å². The average Bonchev–Trinajstić information content (AvgIpc) is 2.87. The molecule has 21 heavy (non-hydrogen) atoms. The Morgan fingerprint density at radius 1 is 1.29 bits per heavy atom. The van der Waals surface area contributed by atoms with Gasteiger partial charge in [-0.2, -0.15) is 0 Å². The SMILES string of the molecule is Cc1cccc(-c2cc(C(=O)N[C@@H](C)CC(C)C)no2)c1. The Morgan fingerprint density at radius 3 is 2.71 bits per heavy atom. The molecular formula is C17H22N2O2. The van der Waals surface area contributed by atoms with Crippen LogP contribution in [-0.2, 0) is 0 Å². The lowest BCUT2D eigenvalue weighted by Crippen LogP contribution is -2.33. The Hall–Kier alpha value is -2.10. The summed E-state index contributed by atoms with van der Waals surface area (Å²) in [7, 11) is 0. The van der Waals surface area contributed by atoms with Crippen molar-refractivity contribution in [2.45, 2.75) is 40.2 Å². The van der Waals surface area contributed by atoms with Crippen LogP contribution in [0.25, 0.3) is 11.3 Å². The first kappa shape index (κ1) is 15.3. The molecule has 2 aromatic rings. The third-order valence-corrected chi connectivity index (χ3v) is 3.25. The summed E-state index contributed by atoms with van der Waals surface area (Å²) in [6.07, 6.45) is 0.939. The molecule has 4 heteroatoms. The summed E-state index contributed by atoms with van der Waals surface area (Å²) < 4.78 is 5.28. The molecule has 2 rings (SSSR count). The van der Waals surface area contributed by atoms with Crippen LogP contribution in [0.2, 0.25) is 0 Å². The van der Waals surface area contributed by atoms with Crippen LogP contribution >= 0.6 is 0 Å². The van der Waals surface area contributed by atoms with Gasteiger partial charge in [0.15, 0.2) is 11.5 Å². The number of nitrogens with zero attached hydrogens (tertiary/aromatic N) is 1. The van der Waals surface area contributed by atoms with Gasteiger partial charge in [-0.1, -0.05) is 42.8 Å². The molecular weight excluding hydrogens is 264 g/mol. The summed E-state index contributed by atoms with van der Waals surface area (Å²) >= 11 is 0. The van der Waals surface area contributed by atoms with Gasteiger partial charge in [0.25, 0.3) is 5.91 Å². The van der Waals surface area contributed by atoms with Crippen LogP contribution in [0, 0.1) is 12.8 Å². The van der Waals surface area contributed by atoms with E-state index in [4.69, 9.17) is 4.52 Å². The number of nitrogens with one attached hydrogen (secondary N) is 1. The lowest BCUT2D eigenvalue weighted by molar-refractivity contribution is 0.0927. The fourth-order valence-electron chi connectivity index (χ4n) is 2.38. The van der Waals surface area contributed by atoms with Crippen LogP contribution in [0.5, 0.6) is 0 Å². The molecule has 0 aliphatic rings. The van der Waals surface area contributed by atoms with Gasteiger partial charge in [-0.15, -0.1) is 0 Å². The molecule has 1 amide bonds. The summed E-state index contributed by atoms with van der Waals surface area (Å²) in [5, 5.41) is 6.81. The maximum Gasteiger partial charge on any atom is 0.273 e. The van der Waals surface area contributed by atoms with E-state index in [1.165, 1.54) is 0 Å². The van der Waals surface area contributed by atoms with Gasteiger partial charge in [0.1, 0.15) is 0 Å². The molecule has 4 nitrogen and oxygen atoms in total. The van der Waals surface area contributed by atoms with E-state index in [0.717, 1.165) is 17.5 Å². The predicted molar refractivity (Wildman–Crippen MR) is 83.1 cm³/mol. The number of benzene rings is 1. The molecule has 0 aliphatic heterocycles. The van der Waals surface area contributed by atoms with Gasteiger partial charge in [0.05, 0.1) is 0 Å². The predicted octanol–water partition coefficient (Wildman–Crippen LogP) is 3.81. The van der Waals surface area contributed by atoms with E-state index in [9.17, 15) is 4.79 Å². The van der Waals surface area contributed by atoms with E-state index in [-0.39, 0.29) is 11.9 Å². The third-order valence-electron chi connectivity index (χ3n) is 3.25. The number of carbonyl (C=O) groups is 1. The molecule has 0 spiro atoms. The maximum atomic E-state index is 12.1. The monoisotopic (exact) mass is 286 g/mol. The molecule has 112 valence electrons. The molecule has 0 fully saturated rings. The molecule has 0 unspecified atom stereocenters. The molecule has 1 N–H and O–H groups in total. The van der Waals surface area contributed by atoms with Crippen LogP contribution in [0.3, 0.4) is 0 Å². The highest BCUT2D eigenvalue weighted by atomic mass is 16.5. The molecule has 1 aromatic heterocycles. The summed E-state index contributed by atoms with van der Waals surface area (Å²) in [6.45, 7) is 8.28.